The van der Waals surface area contributed by atoms with Crippen molar-refractivity contribution in [3.8, 4) is 22.9 Å². The van der Waals surface area contributed by atoms with Gasteiger partial charge in [-0.3, -0.25) is 9.59 Å². The molecule has 0 aliphatic heterocycles. The van der Waals surface area contributed by atoms with E-state index in [1.54, 1.807) is 12.1 Å². The Kier molecular flexibility index (Phi) is 15.5. The van der Waals surface area contributed by atoms with Crippen LogP contribution in [0, 0.1) is 13.8 Å². The third kappa shape index (κ3) is 11.6. The molecule has 54 heavy (non-hydrogen) atoms. The summed E-state index contributed by atoms with van der Waals surface area (Å²) in [6, 6.07) is 15.6. The molecule has 14 heteroatoms. The van der Waals surface area contributed by atoms with Crippen LogP contribution in [-0.2, 0) is 22.7 Å². The van der Waals surface area contributed by atoms with E-state index in [1.807, 2.05) is 48.6 Å². The van der Waals surface area contributed by atoms with Crippen LogP contribution in [0.5, 0.6) is 11.8 Å². The highest BCUT2D eigenvalue weighted by atomic mass is 35.5. The number of rotatable bonds is 19. The number of methoxy groups -OCH3 is 2. The second kappa shape index (κ2) is 20.0. The molecule has 0 amide bonds. The second-order valence-electron chi connectivity index (χ2n) is 12.5. The quantitative estimate of drug-likeness (QED) is 0.0628. The van der Waals surface area contributed by atoms with E-state index in [0.717, 1.165) is 33.4 Å². The average molecular weight is 780 g/mol. The van der Waals surface area contributed by atoms with Crippen LogP contribution in [0.25, 0.3) is 35.4 Å². The van der Waals surface area contributed by atoms with Crippen molar-refractivity contribution in [3.05, 3.63) is 103 Å². The Morgan fingerprint density at radius 3 is 1.44 bits per heavy atom. The first-order valence-corrected chi connectivity index (χ1v) is 17.8. The third-order valence-corrected chi connectivity index (χ3v) is 9.17. The number of aliphatic hydroxyl groups excluding tert-OH is 2. The number of aliphatic hydroxyl groups is 2. The standard InChI is InChI=1S/C40H44Cl2N4O8/c1-23-25(11-13-35-33(41)15-27(39(45-35)53-3)19-43-21-29(47)17-37(49)50)7-5-9-31(23)32-10-6-8-26(24(32)2)12-14-36-34(42)16-28(40(46-36)54-4)20-44-22-30(48)18-38(51)52/h5-16,29-30,43-44,47-48H,17-22H2,1-4H3,(H,49,50)(H,51,52)/b13-11+,14-12+/t29-,30-/m0/s1. The highest BCUT2D eigenvalue weighted by Gasteiger charge is 2.15. The van der Waals surface area contributed by atoms with Crippen molar-refractivity contribution in [2.75, 3.05) is 27.3 Å². The minimum Gasteiger partial charge on any atom is -0.481 e. The molecule has 2 atom stereocenters. The maximum Gasteiger partial charge on any atom is 0.306 e. The van der Waals surface area contributed by atoms with Gasteiger partial charge in [0.2, 0.25) is 11.8 Å². The molecule has 2 heterocycles. The van der Waals surface area contributed by atoms with E-state index in [-0.39, 0.29) is 39.0 Å². The lowest BCUT2D eigenvalue weighted by molar-refractivity contribution is -0.140. The fourth-order valence-corrected chi connectivity index (χ4v) is 6.24. The molecule has 12 nitrogen and oxygen atoms in total. The van der Waals surface area contributed by atoms with Crippen molar-refractivity contribution < 1.29 is 39.5 Å². The van der Waals surface area contributed by atoms with Crippen LogP contribution in [0.15, 0.2) is 48.5 Å². The van der Waals surface area contributed by atoms with Crippen LogP contribution in [-0.4, -0.2) is 81.8 Å². The molecule has 0 unspecified atom stereocenters. The summed E-state index contributed by atoms with van der Waals surface area (Å²) in [5.41, 5.74) is 8.50. The number of carboxylic acid groups (broad SMARTS) is 2. The molecule has 4 aromatic rings. The summed E-state index contributed by atoms with van der Waals surface area (Å²) in [6.07, 6.45) is 4.78. The van der Waals surface area contributed by atoms with Crippen molar-refractivity contribution in [2.24, 2.45) is 0 Å². The van der Waals surface area contributed by atoms with Crippen molar-refractivity contribution >= 4 is 59.4 Å². The molecule has 0 radical (unpaired) electrons. The van der Waals surface area contributed by atoms with Crippen LogP contribution in [0.2, 0.25) is 10.0 Å². The Labute approximate surface area is 324 Å². The van der Waals surface area contributed by atoms with Gasteiger partial charge in [0.25, 0.3) is 0 Å². The Morgan fingerprint density at radius 1 is 0.704 bits per heavy atom. The lowest BCUT2D eigenvalue weighted by Crippen LogP contribution is -2.28. The van der Waals surface area contributed by atoms with Crippen LogP contribution in [0.3, 0.4) is 0 Å². The molecule has 0 fully saturated rings. The number of ether oxygens (including phenoxy) is 2. The Hall–Kier alpha value is -4.82. The lowest BCUT2D eigenvalue weighted by Gasteiger charge is -2.14. The van der Waals surface area contributed by atoms with Gasteiger partial charge in [0.05, 0.1) is 60.7 Å². The number of aliphatic carboxylic acids is 2. The monoisotopic (exact) mass is 778 g/mol. The SMILES string of the molecule is COc1nc(/C=C/c2cccc(-c3cccc(/C=C/c4nc(OC)c(CNC[C@@H](O)CC(=O)O)cc4Cl)c3C)c2C)c(Cl)cc1CNC[C@@H](O)CC(=O)O. The number of hydrogen-bond acceptors (Lipinski definition) is 10. The number of hydrogen-bond donors (Lipinski definition) is 6. The summed E-state index contributed by atoms with van der Waals surface area (Å²) in [7, 11) is 3.01. The number of halogens is 2. The summed E-state index contributed by atoms with van der Waals surface area (Å²) in [4.78, 5) is 30.8. The molecule has 2 aromatic carbocycles. The molecule has 0 bridgehead atoms. The van der Waals surface area contributed by atoms with Crippen molar-refractivity contribution in [1.82, 2.24) is 20.6 Å². The Morgan fingerprint density at radius 2 is 1.09 bits per heavy atom. The number of pyridine rings is 2. The third-order valence-electron chi connectivity index (χ3n) is 8.57. The van der Waals surface area contributed by atoms with Crippen molar-refractivity contribution in [3.63, 3.8) is 0 Å². The second-order valence-corrected chi connectivity index (χ2v) is 13.3. The lowest BCUT2D eigenvalue weighted by atomic mass is 9.91. The normalized spacial score (nSPS) is 12.7. The summed E-state index contributed by atoms with van der Waals surface area (Å²) < 4.78 is 11.0. The summed E-state index contributed by atoms with van der Waals surface area (Å²) in [6.45, 7) is 4.84. The van der Waals surface area contributed by atoms with E-state index in [9.17, 15) is 19.8 Å². The molecule has 6 N–H and O–H groups in total. The molecular formula is C40H44Cl2N4O8. The summed E-state index contributed by atoms with van der Waals surface area (Å²) >= 11 is 13.2. The van der Waals surface area contributed by atoms with Gasteiger partial charge in [0.15, 0.2) is 0 Å². The summed E-state index contributed by atoms with van der Waals surface area (Å²) in [5.74, 6) is -1.43. The number of carboxylic acids is 2. The van der Waals surface area contributed by atoms with Gasteiger partial charge in [-0.2, -0.15) is 0 Å². The van der Waals surface area contributed by atoms with Gasteiger partial charge in [0.1, 0.15) is 0 Å². The van der Waals surface area contributed by atoms with Gasteiger partial charge < -0.3 is 40.5 Å². The Bertz CT molecular complexity index is 1880. The highest BCUT2D eigenvalue weighted by molar-refractivity contribution is 6.32. The molecule has 286 valence electrons. The molecule has 2 aromatic heterocycles. The summed E-state index contributed by atoms with van der Waals surface area (Å²) in [5, 5.41) is 44.2. The largest absolute Gasteiger partial charge is 0.481 e. The molecule has 4 rings (SSSR count). The maximum atomic E-state index is 10.8. The number of benzene rings is 2. The van der Waals surface area contributed by atoms with E-state index in [1.165, 1.54) is 14.2 Å². The van der Waals surface area contributed by atoms with E-state index in [4.69, 9.17) is 42.9 Å². The number of nitrogens with zero attached hydrogens (tertiary/aromatic N) is 2. The smallest absolute Gasteiger partial charge is 0.306 e. The number of aromatic nitrogens is 2. The van der Waals surface area contributed by atoms with Gasteiger partial charge >= 0.3 is 11.9 Å². The van der Waals surface area contributed by atoms with Crippen molar-refractivity contribution in [1.29, 1.82) is 0 Å². The first-order valence-electron chi connectivity index (χ1n) is 17.0. The van der Waals surface area contributed by atoms with E-state index < -0.39 is 24.1 Å². The number of carbonyl (C=O) groups is 2. The van der Waals surface area contributed by atoms with Gasteiger partial charge in [-0.25, -0.2) is 9.97 Å². The highest BCUT2D eigenvalue weighted by Crippen LogP contribution is 2.33. The van der Waals surface area contributed by atoms with E-state index in [2.05, 4.69) is 46.6 Å². The predicted molar refractivity (Wildman–Crippen MR) is 211 cm³/mol. The average Bonchev–Trinajstić information content (AvgIpc) is 3.11. The van der Waals surface area contributed by atoms with Gasteiger partial charge in [0, 0.05) is 37.3 Å². The van der Waals surface area contributed by atoms with Crippen LogP contribution >= 0.6 is 23.2 Å². The molecule has 0 aliphatic carbocycles. The van der Waals surface area contributed by atoms with E-state index >= 15 is 0 Å². The van der Waals surface area contributed by atoms with Gasteiger partial charge in [-0.1, -0.05) is 71.8 Å². The zero-order valence-corrected chi connectivity index (χ0v) is 31.9. The molecule has 0 saturated heterocycles. The zero-order valence-electron chi connectivity index (χ0n) is 30.4. The zero-order chi connectivity index (χ0) is 39.4. The fourth-order valence-electron chi connectivity index (χ4n) is 5.77. The molecule has 0 spiro atoms. The first-order chi connectivity index (χ1) is 25.8. The minimum atomic E-state index is -1.08. The van der Waals surface area contributed by atoms with Gasteiger partial charge in [-0.05, 0) is 71.5 Å². The molecule has 0 saturated carbocycles. The Balaban J connectivity index is 1.52. The minimum absolute atomic E-state index is 0.0875. The van der Waals surface area contributed by atoms with Crippen LogP contribution in [0.4, 0.5) is 0 Å². The van der Waals surface area contributed by atoms with Crippen molar-refractivity contribution in [2.45, 2.75) is 52.0 Å². The first kappa shape index (κ1) is 41.9. The molecular weight excluding hydrogens is 735 g/mol. The predicted octanol–water partition coefficient (Wildman–Crippen LogP) is 6.28. The number of nitrogens with one attached hydrogen (secondary N) is 2. The molecule has 0 aliphatic rings. The van der Waals surface area contributed by atoms with Crippen LogP contribution in [0.1, 0.15) is 57.6 Å². The van der Waals surface area contributed by atoms with E-state index in [0.29, 0.717) is 44.3 Å². The van der Waals surface area contributed by atoms with Gasteiger partial charge in [-0.15, -0.1) is 0 Å². The maximum absolute atomic E-state index is 10.8. The topological polar surface area (TPSA) is 183 Å². The van der Waals surface area contributed by atoms with Crippen LogP contribution < -0.4 is 20.1 Å². The fraction of sp³-hybridized carbons (Fsp3) is 0.300.